The minimum Gasteiger partial charge on any atom is -0.497 e. The van der Waals surface area contributed by atoms with E-state index in [1.54, 1.807) is 24.1 Å². The number of rotatable bonds is 14. The molecule has 0 saturated heterocycles. The maximum absolute atomic E-state index is 14.1. The summed E-state index contributed by atoms with van der Waals surface area (Å²) >= 11 is 0. The third kappa shape index (κ3) is 6.73. The molecule has 0 fully saturated rings. The lowest BCUT2D eigenvalue weighted by molar-refractivity contribution is -0.141. The van der Waals surface area contributed by atoms with Crippen molar-refractivity contribution in [1.29, 1.82) is 0 Å². The number of amides is 2. The second kappa shape index (κ2) is 13.9. The van der Waals surface area contributed by atoms with Crippen molar-refractivity contribution in [1.82, 2.24) is 10.2 Å². The Labute approximate surface area is 259 Å². The van der Waals surface area contributed by atoms with Gasteiger partial charge < -0.3 is 15.0 Å². The first-order chi connectivity index (χ1) is 21.3. The van der Waals surface area contributed by atoms with Gasteiger partial charge in [0.15, 0.2) is 0 Å². The van der Waals surface area contributed by atoms with Crippen LogP contribution in [0.25, 0.3) is 10.8 Å². The average Bonchev–Trinajstić information content (AvgIpc) is 3.26. The van der Waals surface area contributed by atoms with E-state index in [0.29, 0.717) is 41.1 Å². The second-order valence-electron chi connectivity index (χ2n) is 11.0. The summed E-state index contributed by atoms with van der Waals surface area (Å²) in [4.78, 5) is 29.7. The normalized spacial score (nSPS) is 13.9. The number of benzene rings is 4. The van der Waals surface area contributed by atoms with Crippen molar-refractivity contribution in [3.05, 3.63) is 102 Å². The van der Waals surface area contributed by atoms with E-state index in [1.165, 1.54) is 4.31 Å². The fourth-order valence-corrected chi connectivity index (χ4v) is 7.49. The van der Waals surface area contributed by atoms with Gasteiger partial charge in [-0.15, -0.1) is 0 Å². The topological polar surface area (TPSA) is 96.0 Å². The summed E-state index contributed by atoms with van der Waals surface area (Å²) in [5.74, 6) is 0.240. The van der Waals surface area contributed by atoms with Crippen molar-refractivity contribution in [3.8, 4) is 5.75 Å². The van der Waals surface area contributed by atoms with Gasteiger partial charge in [-0.1, -0.05) is 80.1 Å². The lowest BCUT2D eigenvalue weighted by Gasteiger charge is -2.32. The zero-order chi connectivity index (χ0) is 31.1. The van der Waals surface area contributed by atoms with Crippen molar-refractivity contribution < 1.29 is 22.7 Å². The summed E-state index contributed by atoms with van der Waals surface area (Å²) in [5, 5.41) is 4.62. The first-order valence-corrected chi connectivity index (χ1v) is 16.6. The number of carbonyl (C=O) groups is 2. The van der Waals surface area contributed by atoms with E-state index in [9.17, 15) is 18.0 Å². The van der Waals surface area contributed by atoms with Gasteiger partial charge in [0.25, 0.3) is 10.0 Å². The van der Waals surface area contributed by atoms with Gasteiger partial charge in [-0.05, 0) is 53.6 Å². The quantitative estimate of drug-likeness (QED) is 0.184. The molecule has 0 saturated carbocycles. The van der Waals surface area contributed by atoms with Gasteiger partial charge in [0.2, 0.25) is 11.8 Å². The number of nitrogens with one attached hydrogen (secondary N) is 1. The largest absolute Gasteiger partial charge is 0.497 e. The summed E-state index contributed by atoms with van der Waals surface area (Å²) in [5.41, 5.74) is 2.41. The number of anilines is 1. The standard InChI is InChI=1S/C35H39N3O5S/c1-3-4-21-36-35(40)31(24-26-12-6-5-7-13-26)37(25-27-14-8-17-29(23-27)43-2)33(39)20-11-22-38-30-18-9-15-28-16-10-19-32(34(28)30)44(38,41)42/h5-10,12-19,23,31H,3-4,11,20-22,24-25H2,1-2H3,(H,36,40)/t31-/m0/s1. The molecule has 1 aliphatic rings. The van der Waals surface area contributed by atoms with Gasteiger partial charge in [-0.3, -0.25) is 13.9 Å². The van der Waals surface area contributed by atoms with E-state index in [-0.39, 0.29) is 31.3 Å². The number of ether oxygens (including phenoxy) is 1. The smallest absolute Gasteiger partial charge is 0.265 e. The third-order valence-corrected chi connectivity index (χ3v) is 9.88. The van der Waals surface area contributed by atoms with Crippen molar-refractivity contribution in [2.24, 2.45) is 0 Å². The minimum atomic E-state index is -3.73. The van der Waals surface area contributed by atoms with Gasteiger partial charge in [0, 0.05) is 37.9 Å². The molecule has 1 heterocycles. The Kier molecular flexibility index (Phi) is 9.85. The Balaban J connectivity index is 1.39. The maximum Gasteiger partial charge on any atom is 0.265 e. The van der Waals surface area contributed by atoms with Crippen LogP contribution in [0.2, 0.25) is 0 Å². The van der Waals surface area contributed by atoms with E-state index in [1.807, 2.05) is 78.9 Å². The third-order valence-electron chi connectivity index (χ3n) is 8.02. The summed E-state index contributed by atoms with van der Waals surface area (Å²) in [6, 6.07) is 27.2. The molecule has 0 aromatic heterocycles. The fourth-order valence-electron chi connectivity index (χ4n) is 5.74. The number of nitrogens with zero attached hydrogens (tertiary/aromatic N) is 2. The molecule has 0 spiro atoms. The van der Waals surface area contributed by atoms with Crippen LogP contribution in [0.4, 0.5) is 5.69 Å². The molecule has 1 aliphatic heterocycles. The van der Waals surface area contributed by atoms with Gasteiger partial charge >= 0.3 is 0 Å². The highest BCUT2D eigenvalue weighted by atomic mass is 32.2. The van der Waals surface area contributed by atoms with E-state index >= 15 is 0 Å². The van der Waals surface area contributed by atoms with E-state index in [4.69, 9.17) is 4.74 Å². The van der Waals surface area contributed by atoms with E-state index in [2.05, 4.69) is 12.2 Å². The Morgan fingerprint density at radius 2 is 1.64 bits per heavy atom. The van der Waals surface area contributed by atoms with Gasteiger partial charge in [0.05, 0.1) is 17.7 Å². The Bertz CT molecular complexity index is 1720. The van der Waals surface area contributed by atoms with Gasteiger partial charge in [-0.25, -0.2) is 8.42 Å². The first kappa shape index (κ1) is 31.1. The van der Waals surface area contributed by atoms with Crippen LogP contribution in [0.1, 0.15) is 43.7 Å². The zero-order valence-electron chi connectivity index (χ0n) is 25.2. The minimum absolute atomic E-state index is 0.0792. The summed E-state index contributed by atoms with van der Waals surface area (Å²) in [7, 11) is -2.14. The zero-order valence-corrected chi connectivity index (χ0v) is 26.1. The lowest BCUT2D eigenvalue weighted by atomic mass is 10.0. The molecule has 5 rings (SSSR count). The number of sulfonamides is 1. The van der Waals surface area contributed by atoms with E-state index in [0.717, 1.165) is 29.4 Å². The summed E-state index contributed by atoms with van der Waals surface area (Å²) in [6.45, 7) is 2.95. The SMILES string of the molecule is CCCCNC(=O)[C@H](Cc1ccccc1)N(Cc1cccc(OC)c1)C(=O)CCCN1c2cccc3cccc(c23)S1(=O)=O. The highest BCUT2D eigenvalue weighted by molar-refractivity contribution is 7.93. The predicted molar refractivity (Wildman–Crippen MR) is 173 cm³/mol. The molecule has 0 radical (unpaired) electrons. The fraction of sp³-hybridized carbons (Fsp3) is 0.314. The van der Waals surface area contributed by atoms with Crippen LogP contribution in [-0.4, -0.2) is 51.4 Å². The molecule has 230 valence electrons. The molecule has 4 aromatic carbocycles. The number of hydrogen-bond donors (Lipinski definition) is 1. The highest BCUT2D eigenvalue weighted by Crippen LogP contribution is 2.42. The molecule has 1 atom stereocenters. The average molecular weight is 614 g/mol. The summed E-state index contributed by atoms with van der Waals surface area (Å²) in [6.07, 6.45) is 2.51. The molecule has 44 heavy (non-hydrogen) atoms. The Hall–Kier alpha value is -4.37. The monoisotopic (exact) mass is 613 g/mol. The van der Waals surface area contributed by atoms with Crippen molar-refractivity contribution >= 4 is 38.3 Å². The Morgan fingerprint density at radius 3 is 2.39 bits per heavy atom. The van der Waals surface area contributed by atoms with Crippen molar-refractivity contribution in [3.63, 3.8) is 0 Å². The Morgan fingerprint density at radius 1 is 0.909 bits per heavy atom. The molecular weight excluding hydrogens is 574 g/mol. The van der Waals surface area contributed by atoms with Crippen molar-refractivity contribution in [2.45, 2.75) is 56.5 Å². The first-order valence-electron chi connectivity index (χ1n) is 15.1. The highest BCUT2D eigenvalue weighted by Gasteiger charge is 2.36. The van der Waals surface area contributed by atoms with Gasteiger partial charge in [-0.2, -0.15) is 0 Å². The number of methoxy groups -OCH3 is 1. The molecule has 4 aromatic rings. The van der Waals surface area contributed by atoms with Crippen LogP contribution >= 0.6 is 0 Å². The van der Waals surface area contributed by atoms with Crippen molar-refractivity contribution in [2.75, 3.05) is 24.5 Å². The number of unbranched alkanes of at least 4 members (excludes halogenated alkanes) is 1. The molecule has 0 bridgehead atoms. The van der Waals surface area contributed by atoms with Gasteiger partial charge in [0.1, 0.15) is 11.8 Å². The van der Waals surface area contributed by atoms with Crippen LogP contribution < -0.4 is 14.4 Å². The van der Waals surface area contributed by atoms with Crippen LogP contribution in [0.5, 0.6) is 5.75 Å². The van der Waals surface area contributed by atoms with Crippen LogP contribution in [0.3, 0.4) is 0 Å². The summed E-state index contributed by atoms with van der Waals surface area (Å²) < 4.78 is 33.8. The number of carbonyl (C=O) groups excluding carboxylic acids is 2. The van der Waals surface area contributed by atoms with E-state index < -0.39 is 16.1 Å². The molecule has 2 amide bonds. The molecule has 0 aliphatic carbocycles. The second-order valence-corrected chi connectivity index (χ2v) is 12.9. The predicted octanol–water partition coefficient (Wildman–Crippen LogP) is 5.69. The number of hydrogen-bond acceptors (Lipinski definition) is 5. The molecule has 0 unspecified atom stereocenters. The van der Waals surface area contributed by atoms with Crippen LogP contribution in [-0.2, 0) is 32.6 Å². The molecule has 9 heteroatoms. The van der Waals surface area contributed by atoms with Crippen LogP contribution in [0.15, 0.2) is 95.9 Å². The maximum atomic E-state index is 14.1. The van der Waals surface area contributed by atoms with Crippen LogP contribution in [0, 0.1) is 0 Å². The lowest BCUT2D eigenvalue weighted by Crippen LogP contribution is -2.50. The molecule has 1 N–H and O–H groups in total. The molecular formula is C35H39N3O5S. The molecule has 8 nitrogen and oxygen atoms in total.